The number of aldehydes is 1. The molecule has 4 rings (SSSR count). The highest BCUT2D eigenvalue weighted by Crippen LogP contribution is 2.25. The lowest BCUT2D eigenvalue weighted by atomic mass is 9.87. The van der Waals surface area contributed by atoms with Crippen molar-refractivity contribution in [3.05, 3.63) is 56.3 Å². The van der Waals surface area contributed by atoms with Crippen LogP contribution in [0, 0.1) is 17.8 Å². The van der Waals surface area contributed by atoms with E-state index >= 15 is 0 Å². The van der Waals surface area contributed by atoms with Crippen molar-refractivity contribution in [1.82, 2.24) is 40.4 Å². The second-order valence-electron chi connectivity index (χ2n) is 24.1. The molecule has 2 aliphatic heterocycles. The van der Waals surface area contributed by atoms with Gasteiger partial charge in [0.25, 0.3) is 10.9 Å². The van der Waals surface area contributed by atoms with Crippen LogP contribution in [0.25, 0.3) is 0 Å². The normalized spacial score (nSPS) is 18.2. The summed E-state index contributed by atoms with van der Waals surface area (Å²) in [5.41, 5.74) is 10.3. The zero-order chi connectivity index (χ0) is 66.5. The number of likely N-dealkylation sites (tertiary alicyclic amines) is 1. The van der Waals surface area contributed by atoms with E-state index in [1.165, 1.54) is 4.90 Å². The number of carboxylic acid groups (broad SMARTS) is 4. The topological polar surface area (TPSA) is 414 Å². The molecule has 502 valence electrons. The summed E-state index contributed by atoms with van der Waals surface area (Å²) in [6, 6.07) is 2.04. The predicted molar refractivity (Wildman–Crippen MR) is 336 cm³/mol. The molecule has 0 aromatic heterocycles. The van der Waals surface area contributed by atoms with Gasteiger partial charge in [0.05, 0.1) is 25.7 Å². The number of rotatable bonds is 40. The fourth-order valence-corrected chi connectivity index (χ4v) is 11.5. The van der Waals surface area contributed by atoms with Crippen LogP contribution in [0.3, 0.4) is 0 Å². The Kier molecular flexibility index (Phi) is 32.7. The van der Waals surface area contributed by atoms with Gasteiger partial charge in [0.2, 0.25) is 23.6 Å². The van der Waals surface area contributed by atoms with Crippen LogP contribution in [-0.2, 0) is 54.4 Å². The number of nitrogens with two attached hydrogens (primary N) is 2. The minimum atomic E-state index is -1.27. The maximum absolute atomic E-state index is 14.6. The second-order valence-corrected chi connectivity index (χ2v) is 24.1. The van der Waals surface area contributed by atoms with Crippen LogP contribution in [0.2, 0.25) is 0 Å². The number of anilines is 2. The van der Waals surface area contributed by atoms with Crippen LogP contribution in [0.4, 0.5) is 11.4 Å². The van der Waals surface area contributed by atoms with Crippen molar-refractivity contribution in [2.45, 2.75) is 154 Å². The maximum atomic E-state index is 14.6. The van der Waals surface area contributed by atoms with Crippen molar-refractivity contribution in [2.24, 2.45) is 29.2 Å². The van der Waals surface area contributed by atoms with E-state index in [4.69, 9.17) is 11.5 Å². The molecular formula is C62H98N12O16. The molecule has 8 atom stereocenters. The summed E-state index contributed by atoms with van der Waals surface area (Å²) < 4.78 is 0. The number of ketones is 1. The molecule has 2 heterocycles. The van der Waals surface area contributed by atoms with Gasteiger partial charge in [-0.05, 0) is 94.7 Å². The zero-order valence-electron chi connectivity index (χ0n) is 52.7. The third-order valence-corrected chi connectivity index (χ3v) is 16.8. The lowest BCUT2D eigenvalue weighted by molar-refractivity contribution is -0.145. The van der Waals surface area contributed by atoms with E-state index in [-0.39, 0.29) is 147 Å². The zero-order valence-corrected chi connectivity index (χ0v) is 52.7. The molecule has 90 heavy (non-hydrogen) atoms. The van der Waals surface area contributed by atoms with Crippen LogP contribution in [0.1, 0.15) is 117 Å². The Labute approximate surface area is 526 Å². The van der Waals surface area contributed by atoms with E-state index in [1.807, 2.05) is 20.8 Å². The molecule has 28 heteroatoms. The van der Waals surface area contributed by atoms with Crippen molar-refractivity contribution < 1.29 is 68.4 Å². The van der Waals surface area contributed by atoms with E-state index in [1.54, 1.807) is 56.9 Å². The van der Waals surface area contributed by atoms with Crippen molar-refractivity contribution in [3.8, 4) is 0 Å². The molecule has 1 unspecified atom stereocenters. The molecule has 0 saturated carbocycles. The van der Waals surface area contributed by atoms with E-state index in [2.05, 4.69) is 26.6 Å². The van der Waals surface area contributed by atoms with Crippen LogP contribution in [0.15, 0.2) is 39.9 Å². The summed E-state index contributed by atoms with van der Waals surface area (Å²) in [6.45, 7) is 9.07. The fourth-order valence-electron chi connectivity index (χ4n) is 11.5. The van der Waals surface area contributed by atoms with Gasteiger partial charge < -0.3 is 68.2 Å². The average molecular weight is 1270 g/mol. The number of carbonyl (C=O) groups excluding carboxylic acids is 6. The summed E-state index contributed by atoms with van der Waals surface area (Å²) in [7, 11) is 0. The van der Waals surface area contributed by atoms with Crippen molar-refractivity contribution in [1.29, 1.82) is 0 Å². The third kappa shape index (κ3) is 24.5. The Hall–Kier alpha value is -7.24. The number of hydrogen-bond acceptors (Lipinski definition) is 20. The molecule has 2 saturated heterocycles. The minimum Gasteiger partial charge on any atom is -0.480 e. The van der Waals surface area contributed by atoms with Crippen LogP contribution < -0.4 is 48.9 Å². The molecule has 28 nitrogen and oxygen atoms in total. The number of unbranched alkanes of at least 4 members (excludes halogenated alkanes) is 2. The summed E-state index contributed by atoms with van der Waals surface area (Å²) >= 11 is 0. The molecule has 2 fully saturated rings. The van der Waals surface area contributed by atoms with Crippen molar-refractivity contribution >= 4 is 71.0 Å². The molecule has 0 radical (unpaired) electrons. The Balaban J connectivity index is 1.49. The standard InChI is InChI=1S/C62H98N12O16/c1-5-41(4)52(49(76)37-43(17-9-11-21-63)57(83)67-44(18-10-12-22-64)60(86)74-24-14-20-47(74)59(85)68-46(61(87)88)36-42-15-7-6-8-16-42)69-58(84)45(35-40(2)3)66-54-53(55(81)56(54)82)65-23-13-19-48(62(89)90)73-31-29-70(33-34-75)25-26-71(38-50(77)78)27-28-72(30-32-73)39-51(79)80/h6-8,15-16,34,40-41,43-48,52,65-66H,5,9-14,17-33,35-39,63-64H2,1-4H3,(H,67,83)(H,68,85)(H,69,84)(H,77,78)(H,79,80)(H,87,88)(H,89,90)/t41-,43+,44-,45-,46-,47-,48?,52-/m0/s1. The molecular weight excluding hydrogens is 1170 g/mol. The highest BCUT2D eigenvalue weighted by molar-refractivity contribution is 5.97. The van der Waals surface area contributed by atoms with Gasteiger partial charge in [0, 0.05) is 84.2 Å². The van der Waals surface area contributed by atoms with Gasteiger partial charge in [-0.3, -0.25) is 67.5 Å². The molecule has 2 aromatic carbocycles. The molecule has 2 aromatic rings. The molecule has 0 spiro atoms. The summed E-state index contributed by atoms with van der Waals surface area (Å²) in [6.07, 6.45) is 4.16. The number of carbonyl (C=O) groups is 10. The van der Waals surface area contributed by atoms with E-state index in [0.29, 0.717) is 70.0 Å². The van der Waals surface area contributed by atoms with Gasteiger partial charge in [0.15, 0.2) is 5.78 Å². The van der Waals surface area contributed by atoms with Gasteiger partial charge in [-0.1, -0.05) is 70.9 Å². The number of nitrogens with zero attached hydrogens (tertiary/aromatic N) is 5. The fraction of sp³-hybridized carbons (Fsp3) is 0.677. The maximum Gasteiger partial charge on any atom is 0.326 e. The van der Waals surface area contributed by atoms with E-state index in [9.17, 15) is 78.0 Å². The van der Waals surface area contributed by atoms with Gasteiger partial charge in [-0.15, -0.1) is 0 Å². The summed E-state index contributed by atoms with van der Waals surface area (Å²) in [5, 5.41) is 54.0. The molecule has 4 amide bonds. The molecule has 0 aliphatic carbocycles. The third-order valence-electron chi connectivity index (χ3n) is 16.8. The Morgan fingerprint density at radius 3 is 1.81 bits per heavy atom. The van der Waals surface area contributed by atoms with Gasteiger partial charge in [0.1, 0.15) is 47.9 Å². The first-order valence-electron chi connectivity index (χ1n) is 31.7. The Morgan fingerprint density at radius 2 is 1.24 bits per heavy atom. The Morgan fingerprint density at radius 1 is 0.656 bits per heavy atom. The SMILES string of the molecule is CC[C@H](C)[C@H](NC(=O)[C@H](CC(C)C)Nc1c(NCCCC(C(=O)O)N2CCN(CC=O)CCN(CC(=O)O)CCN(CC(=O)O)CC2)c(=O)c1=O)C(=O)C[C@@H](CCCCN)C(=O)N[C@@H](CCCCN)C(=O)N1CCC[C@H]1C(=O)N[C@@H](Cc1ccccc1)C(=O)O. The first kappa shape index (κ1) is 75.2. The largest absolute Gasteiger partial charge is 0.480 e. The number of aliphatic carboxylic acids is 4. The van der Waals surface area contributed by atoms with Crippen LogP contribution in [0.5, 0.6) is 0 Å². The monoisotopic (exact) mass is 1270 g/mol. The van der Waals surface area contributed by atoms with Gasteiger partial charge in [-0.2, -0.15) is 0 Å². The number of nitrogens with one attached hydrogen (secondary N) is 5. The summed E-state index contributed by atoms with van der Waals surface area (Å²) in [4.78, 5) is 167. The Bertz CT molecular complexity index is 2750. The number of amides is 4. The van der Waals surface area contributed by atoms with Crippen molar-refractivity contribution in [3.63, 3.8) is 0 Å². The molecule has 13 N–H and O–H groups in total. The molecule has 2 aliphatic rings. The van der Waals surface area contributed by atoms with E-state index in [0.717, 1.165) is 0 Å². The number of benzene rings is 1. The van der Waals surface area contributed by atoms with Crippen molar-refractivity contribution in [2.75, 3.05) is 109 Å². The summed E-state index contributed by atoms with van der Waals surface area (Å²) in [5.74, 6) is -9.07. The second kappa shape index (κ2) is 39.1. The highest BCUT2D eigenvalue weighted by Gasteiger charge is 2.41. The average Bonchev–Trinajstić information content (AvgIpc) is 0.952. The number of Topliss-reactive ketones (excluding diaryl/α,β-unsaturated/α-hetero) is 1. The first-order valence-corrected chi connectivity index (χ1v) is 31.7. The van der Waals surface area contributed by atoms with Crippen LogP contribution >= 0.6 is 0 Å². The smallest absolute Gasteiger partial charge is 0.326 e. The van der Waals surface area contributed by atoms with Gasteiger partial charge in [-0.25, -0.2) is 4.79 Å². The number of hydrogen-bond donors (Lipinski definition) is 11. The lowest BCUT2D eigenvalue weighted by Crippen LogP contribution is -2.56. The lowest BCUT2D eigenvalue weighted by Gasteiger charge is -2.35. The highest BCUT2D eigenvalue weighted by atomic mass is 16.4. The van der Waals surface area contributed by atoms with Crippen LogP contribution in [-0.4, -0.2) is 239 Å². The predicted octanol–water partition coefficient (Wildman–Crippen LogP) is -0.00360. The van der Waals surface area contributed by atoms with Gasteiger partial charge >= 0.3 is 23.9 Å². The number of carboxylic acids is 4. The first-order chi connectivity index (χ1) is 42.9. The quantitative estimate of drug-likeness (QED) is 0.0238. The minimum absolute atomic E-state index is 0.0142. The molecule has 0 bridgehead atoms. The van der Waals surface area contributed by atoms with E-state index < -0.39 is 112 Å².